The second-order valence-corrected chi connectivity index (χ2v) is 3.03. The molecule has 1 rings (SSSR count). The molecule has 11 heavy (non-hydrogen) atoms. The van der Waals surface area contributed by atoms with E-state index in [1.165, 1.54) is 0 Å². The number of nitrogens with two attached hydrogens (primary N) is 1. The number of rotatable bonds is 2. The Hall–Kier alpha value is -0.670. The Morgan fingerprint density at radius 1 is 1.55 bits per heavy atom. The highest BCUT2D eigenvalue weighted by Crippen LogP contribution is 2.16. The highest BCUT2D eigenvalue weighted by molar-refractivity contribution is 9.10. The van der Waals surface area contributed by atoms with E-state index < -0.39 is 0 Å². The van der Waals surface area contributed by atoms with Crippen LogP contribution < -0.4 is 5.73 Å². The first kappa shape index (κ1) is 8.43. The van der Waals surface area contributed by atoms with Crippen LogP contribution in [0.4, 0.5) is 0 Å². The minimum absolute atomic E-state index is 0.498. The summed E-state index contributed by atoms with van der Waals surface area (Å²) in [7, 11) is 0. The van der Waals surface area contributed by atoms with E-state index in [-0.39, 0.29) is 0 Å². The monoisotopic (exact) mass is 213 g/mol. The minimum Gasteiger partial charge on any atom is -0.326 e. The van der Waals surface area contributed by atoms with Crippen molar-refractivity contribution in [2.45, 2.75) is 6.54 Å². The molecule has 0 unspecified atom stereocenters. The second-order valence-electron chi connectivity index (χ2n) is 2.18. The first-order chi connectivity index (χ1) is 5.27. The Morgan fingerprint density at radius 3 is 2.73 bits per heavy atom. The molecule has 0 bridgehead atoms. The van der Waals surface area contributed by atoms with Crippen molar-refractivity contribution in [1.29, 1.82) is 0 Å². The third-order valence-electron chi connectivity index (χ3n) is 1.43. The molecule has 0 aliphatic heterocycles. The van der Waals surface area contributed by atoms with Crippen LogP contribution in [0.3, 0.4) is 0 Å². The predicted molar refractivity (Wildman–Crippen MR) is 47.4 cm³/mol. The highest BCUT2D eigenvalue weighted by atomic mass is 79.9. The zero-order valence-electron chi connectivity index (χ0n) is 5.88. The lowest BCUT2D eigenvalue weighted by molar-refractivity contribution is 0.112. The SMILES string of the molecule is NCc1ccc(C=O)c(Br)c1. The number of halogens is 1. The van der Waals surface area contributed by atoms with E-state index in [2.05, 4.69) is 15.9 Å². The third kappa shape index (κ3) is 1.88. The van der Waals surface area contributed by atoms with Gasteiger partial charge in [0.15, 0.2) is 6.29 Å². The normalized spacial score (nSPS) is 9.64. The summed E-state index contributed by atoms with van der Waals surface area (Å²) >= 11 is 3.26. The molecule has 1 aromatic rings. The van der Waals surface area contributed by atoms with Crippen molar-refractivity contribution in [1.82, 2.24) is 0 Å². The van der Waals surface area contributed by atoms with Crippen LogP contribution in [0.5, 0.6) is 0 Å². The Morgan fingerprint density at radius 2 is 2.27 bits per heavy atom. The fourth-order valence-corrected chi connectivity index (χ4v) is 1.31. The number of aldehydes is 1. The second kappa shape index (κ2) is 3.64. The van der Waals surface area contributed by atoms with Gasteiger partial charge in [-0.25, -0.2) is 0 Å². The molecule has 0 fully saturated rings. The molecule has 3 heteroatoms. The molecule has 0 aliphatic carbocycles. The fraction of sp³-hybridized carbons (Fsp3) is 0.125. The number of hydrogen-bond donors (Lipinski definition) is 1. The van der Waals surface area contributed by atoms with Crippen LogP contribution in [0.2, 0.25) is 0 Å². The summed E-state index contributed by atoms with van der Waals surface area (Å²) in [6, 6.07) is 5.44. The molecule has 1 aromatic carbocycles. The summed E-state index contributed by atoms with van der Waals surface area (Å²) in [6.45, 7) is 0.498. The van der Waals surface area contributed by atoms with Crippen molar-refractivity contribution in [2.24, 2.45) is 5.73 Å². The fourth-order valence-electron chi connectivity index (χ4n) is 0.793. The van der Waals surface area contributed by atoms with Crippen molar-refractivity contribution in [3.8, 4) is 0 Å². The lowest BCUT2D eigenvalue weighted by Gasteiger charge is -1.98. The van der Waals surface area contributed by atoms with Gasteiger partial charge in [-0.05, 0) is 11.6 Å². The van der Waals surface area contributed by atoms with Crippen LogP contribution in [0.25, 0.3) is 0 Å². The molecule has 0 saturated heterocycles. The molecule has 58 valence electrons. The molecule has 0 spiro atoms. The van der Waals surface area contributed by atoms with E-state index in [4.69, 9.17) is 5.73 Å². The van der Waals surface area contributed by atoms with Crippen LogP contribution in [0.15, 0.2) is 22.7 Å². The van der Waals surface area contributed by atoms with E-state index in [0.717, 1.165) is 16.3 Å². The van der Waals surface area contributed by atoms with E-state index in [0.29, 0.717) is 12.1 Å². The van der Waals surface area contributed by atoms with Crippen LogP contribution in [0, 0.1) is 0 Å². The quantitative estimate of drug-likeness (QED) is 0.761. The molecule has 0 aliphatic rings. The maximum Gasteiger partial charge on any atom is 0.151 e. The average molecular weight is 214 g/mol. The molecule has 0 heterocycles. The van der Waals surface area contributed by atoms with Gasteiger partial charge in [0.1, 0.15) is 0 Å². The summed E-state index contributed by atoms with van der Waals surface area (Å²) in [6.07, 6.45) is 0.810. The maximum absolute atomic E-state index is 10.4. The zero-order chi connectivity index (χ0) is 8.27. The van der Waals surface area contributed by atoms with Crippen LogP contribution in [-0.2, 0) is 6.54 Å². The van der Waals surface area contributed by atoms with E-state index in [1.807, 2.05) is 12.1 Å². The lowest BCUT2D eigenvalue weighted by atomic mass is 10.1. The standard InChI is InChI=1S/C8H8BrNO/c9-8-3-6(4-10)1-2-7(8)5-11/h1-3,5H,4,10H2. The molecule has 0 radical (unpaired) electrons. The van der Waals surface area contributed by atoms with Gasteiger partial charge < -0.3 is 5.73 Å². The van der Waals surface area contributed by atoms with Gasteiger partial charge in [-0.3, -0.25) is 4.79 Å². The van der Waals surface area contributed by atoms with Crippen LogP contribution >= 0.6 is 15.9 Å². The summed E-state index contributed by atoms with van der Waals surface area (Å²) in [5, 5.41) is 0. The molecule has 2 N–H and O–H groups in total. The summed E-state index contributed by atoms with van der Waals surface area (Å²) < 4.78 is 0.801. The third-order valence-corrected chi connectivity index (χ3v) is 2.11. The highest BCUT2D eigenvalue weighted by Gasteiger charge is 1.97. The smallest absolute Gasteiger partial charge is 0.151 e. The summed E-state index contributed by atoms with van der Waals surface area (Å²) in [4.78, 5) is 10.4. The molecular weight excluding hydrogens is 206 g/mol. The van der Waals surface area contributed by atoms with E-state index in [9.17, 15) is 4.79 Å². The molecule has 0 amide bonds. The van der Waals surface area contributed by atoms with Gasteiger partial charge in [-0.2, -0.15) is 0 Å². The van der Waals surface area contributed by atoms with Crippen molar-refractivity contribution < 1.29 is 4.79 Å². The van der Waals surface area contributed by atoms with Crippen molar-refractivity contribution in [3.05, 3.63) is 33.8 Å². The van der Waals surface area contributed by atoms with Gasteiger partial charge >= 0.3 is 0 Å². The Kier molecular flexibility index (Phi) is 2.79. The zero-order valence-corrected chi connectivity index (χ0v) is 7.47. The van der Waals surface area contributed by atoms with Gasteiger partial charge in [0, 0.05) is 16.6 Å². The first-order valence-corrected chi connectivity index (χ1v) is 4.01. The number of carbonyl (C=O) groups excluding carboxylic acids is 1. The molecule has 0 atom stereocenters. The van der Waals surface area contributed by atoms with Crippen molar-refractivity contribution >= 4 is 22.2 Å². The molecule has 2 nitrogen and oxygen atoms in total. The molecule has 0 saturated carbocycles. The topological polar surface area (TPSA) is 43.1 Å². The van der Waals surface area contributed by atoms with Gasteiger partial charge in [0.05, 0.1) is 0 Å². The van der Waals surface area contributed by atoms with Gasteiger partial charge in [-0.15, -0.1) is 0 Å². The average Bonchev–Trinajstić information content (AvgIpc) is 2.04. The number of benzene rings is 1. The van der Waals surface area contributed by atoms with Gasteiger partial charge in [0.25, 0.3) is 0 Å². The van der Waals surface area contributed by atoms with E-state index >= 15 is 0 Å². The Labute approximate surface area is 73.5 Å². The number of hydrogen-bond acceptors (Lipinski definition) is 2. The minimum atomic E-state index is 0.498. The Balaban J connectivity index is 3.09. The van der Waals surface area contributed by atoms with Crippen molar-refractivity contribution in [2.75, 3.05) is 0 Å². The maximum atomic E-state index is 10.4. The van der Waals surface area contributed by atoms with Crippen molar-refractivity contribution in [3.63, 3.8) is 0 Å². The summed E-state index contributed by atoms with van der Waals surface area (Å²) in [5.41, 5.74) is 7.07. The summed E-state index contributed by atoms with van der Waals surface area (Å²) in [5.74, 6) is 0. The molecule has 0 aromatic heterocycles. The Bertz CT molecular complexity index is 273. The largest absolute Gasteiger partial charge is 0.326 e. The van der Waals surface area contributed by atoms with Gasteiger partial charge in [0.2, 0.25) is 0 Å². The first-order valence-electron chi connectivity index (χ1n) is 3.21. The molecular formula is C8H8BrNO. The van der Waals surface area contributed by atoms with Crippen LogP contribution in [0.1, 0.15) is 15.9 Å². The number of carbonyl (C=O) groups is 1. The lowest BCUT2D eigenvalue weighted by Crippen LogP contribution is -1.96. The van der Waals surface area contributed by atoms with Gasteiger partial charge in [-0.1, -0.05) is 28.1 Å². The predicted octanol–water partition coefficient (Wildman–Crippen LogP) is 1.72. The van der Waals surface area contributed by atoms with E-state index in [1.54, 1.807) is 6.07 Å². The van der Waals surface area contributed by atoms with Crippen LogP contribution in [-0.4, -0.2) is 6.29 Å².